The van der Waals surface area contributed by atoms with Gasteiger partial charge < -0.3 is 4.90 Å². The summed E-state index contributed by atoms with van der Waals surface area (Å²) in [4.78, 5) is 2.08. The topological polar surface area (TPSA) is 94.6 Å². The smallest absolute Gasteiger partial charge is 0.372 e. The second-order valence-corrected chi connectivity index (χ2v) is 7.52. The predicted molar refractivity (Wildman–Crippen MR) is 104 cm³/mol. The summed E-state index contributed by atoms with van der Waals surface area (Å²) in [6, 6.07) is 7.67. The van der Waals surface area contributed by atoms with Crippen molar-refractivity contribution in [3.05, 3.63) is 35.7 Å². The number of thioether (sulfide) groups is 1. The molecule has 0 aromatic heterocycles. The number of benzene rings is 1. The van der Waals surface area contributed by atoms with Gasteiger partial charge in [-0.1, -0.05) is 0 Å². The van der Waals surface area contributed by atoms with Crippen LogP contribution in [-0.4, -0.2) is 56.0 Å². The van der Waals surface area contributed by atoms with E-state index in [-0.39, 0.29) is 6.61 Å². The standard InChI is InChI=1S/C16H22N4O4S2/c1-3-20(11-4-12-24-26(21,22)23)15-8-6-14(7-9-15)17-18-16-19(2)10-5-13-25-16/h5-9,13H,3-4,10-12H2,1-2H3/p+1. The van der Waals surface area contributed by atoms with Crippen LogP contribution in [0, 0.1) is 0 Å². The maximum atomic E-state index is 10.5. The zero-order valence-electron chi connectivity index (χ0n) is 14.8. The highest BCUT2D eigenvalue weighted by Gasteiger charge is 2.14. The van der Waals surface area contributed by atoms with E-state index in [0.29, 0.717) is 13.0 Å². The van der Waals surface area contributed by atoms with Gasteiger partial charge in [0, 0.05) is 18.8 Å². The van der Waals surface area contributed by atoms with Crippen molar-refractivity contribution in [1.82, 2.24) is 0 Å². The summed E-state index contributed by atoms with van der Waals surface area (Å²) in [5.41, 5.74) is 1.76. The fourth-order valence-corrected chi connectivity index (χ4v) is 3.27. The van der Waals surface area contributed by atoms with Gasteiger partial charge in [0.15, 0.2) is 0 Å². The highest BCUT2D eigenvalue weighted by molar-refractivity contribution is 8.16. The molecule has 1 heterocycles. The minimum Gasteiger partial charge on any atom is -0.372 e. The first-order valence-electron chi connectivity index (χ1n) is 8.17. The average Bonchev–Trinajstić information content (AvgIpc) is 2.61. The lowest BCUT2D eigenvalue weighted by Gasteiger charge is -2.22. The number of hydrogen-bond donors (Lipinski definition) is 1. The molecule has 0 fully saturated rings. The summed E-state index contributed by atoms with van der Waals surface area (Å²) >= 11 is 1.54. The predicted octanol–water partition coefficient (Wildman–Crippen LogP) is 3.06. The number of hydrogen-bond acceptors (Lipinski definition) is 7. The van der Waals surface area contributed by atoms with Crippen LogP contribution >= 0.6 is 11.8 Å². The van der Waals surface area contributed by atoms with Gasteiger partial charge in [-0.3, -0.25) is 4.55 Å². The van der Waals surface area contributed by atoms with E-state index >= 15 is 0 Å². The summed E-state index contributed by atoms with van der Waals surface area (Å²) in [6.07, 6.45) is 2.54. The van der Waals surface area contributed by atoms with Crippen LogP contribution in [0.5, 0.6) is 0 Å². The zero-order chi connectivity index (χ0) is 19.0. The molecular formula is C16H23N4O4S2+. The van der Waals surface area contributed by atoms with Crippen LogP contribution in [0.1, 0.15) is 13.3 Å². The molecule has 1 N–H and O–H groups in total. The zero-order valence-corrected chi connectivity index (χ0v) is 16.4. The van der Waals surface area contributed by atoms with Crippen molar-refractivity contribution in [3.63, 3.8) is 0 Å². The van der Waals surface area contributed by atoms with Crippen molar-refractivity contribution < 1.29 is 21.7 Å². The van der Waals surface area contributed by atoms with E-state index in [4.69, 9.17) is 4.55 Å². The molecule has 1 aromatic carbocycles. The summed E-state index contributed by atoms with van der Waals surface area (Å²) in [5, 5.41) is 11.4. The maximum absolute atomic E-state index is 10.5. The molecule has 1 aromatic rings. The lowest BCUT2D eigenvalue weighted by molar-refractivity contribution is -0.484. The molecule has 2 rings (SSSR count). The largest absolute Gasteiger partial charge is 0.397 e. The van der Waals surface area contributed by atoms with E-state index in [1.165, 1.54) is 11.8 Å². The molecule has 0 unspecified atom stereocenters. The Hall–Kier alpha value is -1.75. The monoisotopic (exact) mass is 399 g/mol. The number of anilines is 1. The molecular weight excluding hydrogens is 376 g/mol. The minimum absolute atomic E-state index is 0.0557. The average molecular weight is 400 g/mol. The first kappa shape index (κ1) is 20.6. The Labute approximate surface area is 158 Å². The van der Waals surface area contributed by atoms with E-state index in [9.17, 15) is 8.42 Å². The van der Waals surface area contributed by atoms with Crippen LogP contribution in [0.4, 0.5) is 11.4 Å². The Morgan fingerprint density at radius 3 is 2.65 bits per heavy atom. The first-order valence-corrected chi connectivity index (χ1v) is 10.4. The Balaban J connectivity index is 1.92. The molecule has 0 radical (unpaired) electrons. The maximum Gasteiger partial charge on any atom is 0.397 e. The van der Waals surface area contributed by atoms with Crippen LogP contribution in [0.2, 0.25) is 0 Å². The summed E-state index contributed by atoms with van der Waals surface area (Å²) < 4.78 is 36.0. The number of azo groups is 1. The van der Waals surface area contributed by atoms with Gasteiger partial charge in [-0.15, -0.1) is 0 Å². The fraction of sp³-hybridized carbons (Fsp3) is 0.438. The van der Waals surface area contributed by atoms with Crippen molar-refractivity contribution in [1.29, 1.82) is 0 Å². The van der Waals surface area contributed by atoms with Gasteiger partial charge in [0.2, 0.25) is 0 Å². The van der Waals surface area contributed by atoms with Gasteiger partial charge in [-0.2, -0.15) is 8.42 Å². The molecule has 1 aliphatic rings. The molecule has 0 saturated carbocycles. The molecule has 0 atom stereocenters. The molecule has 10 heteroatoms. The first-order chi connectivity index (χ1) is 12.4. The van der Waals surface area contributed by atoms with E-state index < -0.39 is 10.4 Å². The summed E-state index contributed by atoms with van der Waals surface area (Å²) in [7, 11) is -2.40. The van der Waals surface area contributed by atoms with Gasteiger partial charge in [-0.25, -0.2) is 8.76 Å². The number of amidine groups is 1. The second kappa shape index (κ2) is 9.81. The highest BCUT2D eigenvalue weighted by Crippen LogP contribution is 2.21. The lowest BCUT2D eigenvalue weighted by Crippen LogP contribution is -2.25. The lowest BCUT2D eigenvalue weighted by atomic mass is 10.2. The Bertz CT molecular complexity index is 789. The van der Waals surface area contributed by atoms with Crippen molar-refractivity contribution in [3.8, 4) is 0 Å². The normalized spacial score (nSPS) is 15.0. The fourth-order valence-electron chi connectivity index (χ4n) is 2.30. The van der Waals surface area contributed by atoms with Gasteiger partial charge in [0.25, 0.3) is 0 Å². The van der Waals surface area contributed by atoms with Gasteiger partial charge in [-0.05, 0) is 66.0 Å². The van der Waals surface area contributed by atoms with E-state index in [2.05, 4.69) is 25.4 Å². The van der Waals surface area contributed by atoms with Gasteiger partial charge in [0.1, 0.15) is 12.2 Å². The van der Waals surface area contributed by atoms with Crippen LogP contribution in [-0.2, 0) is 14.6 Å². The number of nitrogens with zero attached hydrogens (tertiary/aromatic N) is 4. The third-order valence-corrected chi connectivity index (χ3v) is 5.02. The molecule has 26 heavy (non-hydrogen) atoms. The highest BCUT2D eigenvalue weighted by atomic mass is 32.3. The SMILES string of the molecule is CCN(CCCOS(=O)(=O)O)c1ccc(N=NC2=[N+](C)CC=CS2)cc1. The molecule has 0 aliphatic carbocycles. The quantitative estimate of drug-likeness (QED) is 0.312. The Morgan fingerprint density at radius 1 is 1.31 bits per heavy atom. The Morgan fingerprint density at radius 2 is 2.04 bits per heavy atom. The Kier molecular flexibility index (Phi) is 7.76. The molecule has 0 amide bonds. The van der Waals surface area contributed by atoms with E-state index in [1.54, 1.807) is 0 Å². The molecule has 1 aliphatic heterocycles. The molecule has 142 valence electrons. The van der Waals surface area contributed by atoms with Gasteiger partial charge in [0.05, 0.1) is 18.8 Å². The third kappa shape index (κ3) is 6.87. The number of rotatable bonds is 8. The van der Waals surface area contributed by atoms with Crippen molar-refractivity contribution in [2.24, 2.45) is 10.2 Å². The van der Waals surface area contributed by atoms with Crippen LogP contribution in [0.3, 0.4) is 0 Å². The van der Waals surface area contributed by atoms with Crippen molar-refractivity contribution in [2.75, 3.05) is 38.2 Å². The van der Waals surface area contributed by atoms with Crippen LogP contribution < -0.4 is 4.90 Å². The van der Waals surface area contributed by atoms with Crippen molar-refractivity contribution in [2.45, 2.75) is 13.3 Å². The molecule has 0 saturated heterocycles. The minimum atomic E-state index is -4.37. The van der Waals surface area contributed by atoms with Gasteiger partial charge >= 0.3 is 15.6 Å². The van der Waals surface area contributed by atoms with Crippen LogP contribution in [0.25, 0.3) is 0 Å². The van der Waals surface area contributed by atoms with E-state index in [1.807, 2.05) is 48.2 Å². The summed E-state index contributed by atoms with van der Waals surface area (Å²) in [6.45, 7) is 4.15. The van der Waals surface area contributed by atoms with Crippen LogP contribution in [0.15, 0.2) is 46.0 Å². The number of likely N-dealkylation sites (N-methyl/N-ethyl adjacent to an activating group) is 1. The molecule has 8 nitrogen and oxygen atoms in total. The second-order valence-electron chi connectivity index (χ2n) is 5.55. The van der Waals surface area contributed by atoms with Crippen molar-refractivity contribution >= 4 is 38.7 Å². The molecule has 0 spiro atoms. The van der Waals surface area contributed by atoms with E-state index in [0.717, 1.165) is 29.6 Å². The third-order valence-electron chi connectivity index (χ3n) is 3.63. The summed E-state index contributed by atoms with van der Waals surface area (Å²) in [5.74, 6) is 0. The molecule has 0 bridgehead atoms.